The van der Waals surface area contributed by atoms with Crippen LogP contribution in [0.25, 0.3) is 11.1 Å². The number of halogens is 1. The Morgan fingerprint density at radius 3 is 2.73 bits per heavy atom. The highest BCUT2D eigenvalue weighted by Gasteiger charge is 2.27. The summed E-state index contributed by atoms with van der Waals surface area (Å²) >= 11 is 6.21. The third-order valence-electron chi connectivity index (χ3n) is 4.80. The van der Waals surface area contributed by atoms with Gasteiger partial charge in [0.25, 0.3) is 6.01 Å². The molecule has 1 aromatic heterocycles. The van der Waals surface area contributed by atoms with Gasteiger partial charge in [-0.05, 0) is 49.6 Å². The van der Waals surface area contributed by atoms with E-state index in [1.54, 1.807) is 0 Å². The van der Waals surface area contributed by atoms with E-state index in [1.165, 1.54) is 0 Å². The van der Waals surface area contributed by atoms with Gasteiger partial charge in [-0.3, -0.25) is 4.79 Å². The molecule has 134 valence electrons. The number of anilines is 2. The van der Waals surface area contributed by atoms with Gasteiger partial charge < -0.3 is 14.6 Å². The predicted octanol–water partition coefficient (Wildman–Crippen LogP) is 4.64. The summed E-state index contributed by atoms with van der Waals surface area (Å²) in [5, 5.41) is 3.53. The molecule has 0 unspecified atom stereocenters. The summed E-state index contributed by atoms with van der Waals surface area (Å²) in [5.41, 5.74) is 3.39. The largest absolute Gasteiger partial charge is 0.423 e. The van der Waals surface area contributed by atoms with E-state index >= 15 is 0 Å². The smallest absolute Gasteiger partial charge is 0.298 e. The maximum atomic E-state index is 12.6. The van der Waals surface area contributed by atoms with Crippen molar-refractivity contribution >= 4 is 40.3 Å². The number of piperidine rings is 1. The van der Waals surface area contributed by atoms with E-state index in [2.05, 4.69) is 15.2 Å². The molecule has 0 radical (unpaired) electrons. The molecule has 2 heterocycles. The van der Waals surface area contributed by atoms with Gasteiger partial charge in [-0.1, -0.05) is 29.8 Å². The number of amides is 1. The van der Waals surface area contributed by atoms with Gasteiger partial charge in [0.05, 0.1) is 10.7 Å². The van der Waals surface area contributed by atoms with Crippen molar-refractivity contribution in [1.82, 2.24) is 4.98 Å². The Bertz CT molecular complexity index is 912. The molecule has 0 aliphatic carbocycles. The maximum Gasteiger partial charge on any atom is 0.298 e. The zero-order chi connectivity index (χ0) is 18.1. The minimum absolute atomic E-state index is 0.0213. The van der Waals surface area contributed by atoms with Crippen LogP contribution in [0.15, 0.2) is 46.9 Å². The Hall–Kier alpha value is -2.53. The number of hydrogen-bond donors (Lipinski definition) is 1. The van der Waals surface area contributed by atoms with Crippen molar-refractivity contribution in [1.29, 1.82) is 0 Å². The molecule has 1 fully saturated rings. The van der Waals surface area contributed by atoms with Crippen LogP contribution in [0.5, 0.6) is 0 Å². The first-order valence-corrected chi connectivity index (χ1v) is 9.15. The van der Waals surface area contributed by atoms with Crippen LogP contribution in [0.2, 0.25) is 5.02 Å². The highest BCUT2D eigenvalue weighted by atomic mass is 35.5. The van der Waals surface area contributed by atoms with Crippen LogP contribution in [-0.2, 0) is 4.79 Å². The molecule has 5 nitrogen and oxygen atoms in total. The molecule has 1 saturated heterocycles. The zero-order valence-corrected chi connectivity index (χ0v) is 15.3. The van der Waals surface area contributed by atoms with Crippen molar-refractivity contribution in [2.24, 2.45) is 5.92 Å². The van der Waals surface area contributed by atoms with Crippen LogP contribution in [-0.4, -0.2) is 24.0 Å². The topological polar surface area (TPSA) is 58.4 Å². The molecule has 1 aliphatic heterocycles. The van der Waals surface area contributed by atoms with E-state index < -0.39 is 0 Å². The van der Waals surface area contributed by atoms with Crippen molar-refractivity contribution in [3.05, 3.63) is 53.1 Å². The second-order valence-corrected chi connectivity index (χ2v) is 7.11. The molecule has 26 heavy (non-hydrogen) atoms. The molecular formula is C20H20ClN3O2. The number of aryl methyl sites for hydroxylation is 1. The average molecular weight is 370 g/mol. The number of nitrogens with zero attached hydrogens (tertiary/aromatic N) is 2. The van der Waals surface area contributed by atoms with Crippen molar-refractivity contribution in [3.63, 3.8) is 0 Å². The molecule has 6 heteroatoms. The fourth-order valence-electron chi connectivity index (χ4n) is 3.28. The van der Waals surface area contributed by atoms with Gasteiger partial charge in [-0.2, -0.15) is 4.98 Å². The summed E-state index contributed by atoms with van der Waals surface area (Å²) < 4.78 is 5.82. The molecule has 2 aromatic carbocycles. The van der Waals surface area contributed by atoms with E-state index in [0.717, 1.165) is 42.6 Å². The number of carbonyl (C=O) groups excluding carboxylic acids is 1. The van der Waals surface area contributed by atoms with Gasteiger partial charge in [0.15, 0.2) is 5.58 Å². The second kappa shape index (κ2) is 7.00. The SMILES string of the molecule is Cc1ccc(NC(=O)C2CCN(c3nc4ccccc4o3)CC2)c(Cl)c1. The lowest BCUT2D eigenvalue weighted by molar-refractivity contribution is -0.120. The molecular weight excluding hydrogens is 350 g/mol. The van der Waals surface area contributed by atoms with Crippen LogP contribution in [0.4, 0.5) is 11.7 Å². The lowest BCUT2D eigenvalue weighted by Gasteiger charge is -2.30. The summed E-state index contributed by atoms with van der Waals surface area (Å²) in [7, 11) is 0. The minimum Gasteiger partial charge on any atom is -0.423 e. The number of oxazole rings is 1. The van der Waals surface area contributed by atoms with Crippen molar-refractivity contribution < 1.29 is 9.21 Å². The zero-order valence-electron chi connectivity index (χ0n) is 14.5. The van der Waals surface area contributed by atoms with Crippen LogP contribution in [0.3, 0.4) is 0 Å². The quantitative estimate of drug-likeness (QED) is 0.730. The Morgan fingerprint density at radius 2 is 2.00 bits per heavy atom. The Labute approximate surface area is 157 Å². The third kappa shape index (κ3) is 3.40. The van der Waals surface area contributed by atoms with Crippen molar-refractivity contribution in [2.75, 3.05) is 23.3 Å². The normalized spacial score (nSPS) is 15.4. The summed E-state index contributed by atoms with van der Waals surface area (Å²) in [6, 6.07) is 14.0. The fourth-order valence-corrected chi connectivity index (χ4v) is 3.57. The number of benzene rings is 2. The molecule has 1 N–H and O–H groups in total. The maximum absolute atomic E-state index is 12.6. The van der Waals surface area contributed by atoms with Gasteiger partial charge in [0, 0.05) is 19.0 Å². The van der Waals surface area contributed by atoms with Gasteiger partial charge in [-0.15, -0.1) is 0 Å². The van der Waals surface area contributed by atoms with Crippen LogP contribution in [0, 0.1) is 12.8 Å². The van der Waals surface area contributed by atoms with Crippen molar-refractivity contribution in [3.8, 4) is 0 Å². The first kappa shape index (κ1) is 16.9. The van der Waals surface area contributed by atoms with E-state index in [4.69, 9.17) is 16.0 Å². The standard InChI is InChI=1S/C20H20ClN3O2/c1-13-6-7-16(15(21)12-13)22-19(25)14-8-10-24(11-9-14)20-23-17-4-2-3-5-18(17)26-20/h2-7,12,14H,8-11H2,1H3,(H,22,25). The summed E-state index contributed by atoms with van der Waals surface area (Å²) in [6.45, 7) is 3.46. The molecule has 0 atom stereocenters. The van der Waals surface area contributed by atoms with E-state index in [-0.39, 0.29) is 11.8 Å². The summed E-state index contributed by atoms with van der Waals surface area (Å²) in [5.74, 6) is -0.0130. The molecule has 1 amide bonds. The molecule has 0 bridgehead atoms. The van der Waals surface area contributed by atoms with Crippen LogP contribution in [0.1, 0.15) is 18.4 Å². The van der Waals surface area contributed by atoms with Crippen LogP contribution >= 0.6 is 11.6 Å². The highest BCUT2D eigenvalue weighted by molar-refractivity contribution is 6.33. The average Bonchev–Trinajstić information content (AvgIpc) is 3.08. The fraction of sp³-hybridized carbons (Fsp3) is 0.300. The van der Waals surface area contributed by atoms with Crippen molar-refractivity contribution in [2.45, 2.75) is 19.8 Å². The predicted molar refractivity (Wildman–Crippen MR) is 104 cm³/mol. The lowest BCUT2D eigenvalue weighted by atomic mass is 9.96. The van der Waals surface area contributed by atoms with Gasteiger partial charge >= 0.3 is 0 Å². The van der Waals surface area contributed by atoms with Gasteiger partial charge in [0.1, 0.15) is 5.52 Å². The lowest BCUT2D eigenvalue weighted by Crippen LogP contribution is -2.38. The first-order valence-electron chi connectivity index (χ1n) is 8.78. The molecule has 0 spiro atoms. The number of aromatic nitrogens is 1. The highest BCUT2D eigenvalue weighted by Crippen LogP contribution is 2.28. The Morgan fingerprint density at radius 1 is 1.23 bits per heavy atom. The van der Waals surface area contributed by atoms with Gasteiger partial charge in [0.2, 0.25) is 5.91 Å². The number of carbonyl (C=O) groups is 1. The second-order valence-electron chi connectivity index (χ2n) is 6.70. The minimum atomic E-state index is -0.0343. The summed E-state index contributed by atoms with van der Waals surface area (Å²) in [4.78, 5) is 19.2. The van der Waals surface area contributed by atoms with Gasteiger partial charge in [-0.25, -0.2) is 0 Å². The number of rotatable bonds is 3. The van der Waals surface area contributed by atoms with E-state index in [0.29, 0.717) is 16.7 Å². The Kier molecular flexibility index (Phi) is 4.55. The van der Waals surface area contributed by atoms with Crippen LogP contribution < -0.4 is 10.2 Å². The molecule has 3 aromatic rings. The summed E-state index contributed by atoms with van der Waals surface area (Å²) in [6.07, 6.45) is 1.52. The number of hydrogen-bond acceptors (Lipinski definition) is 4. The molecule has 0 saturated carbocycles. The van der Waals surface area contributed by atoms with E-state index in [9.17, 15) is 4.79 Å². The number of nitrogens with one attached hydrogen (secondary N) is 1. The number of fused-ring (bicyclic) bond motifs is 1. The van der Waals surface area contributed by atoms with E-state index in [1.807, 2.05) is 49.4 Å². The molecule has 4 rings (SSSR count). The first-order chi connectivity index (χ1) is 12.6. The monoisotopic (exact) mass is 369 g/mol. The third-order valence-corrected chi connectivity index (χ3v) is 5.11. The Balaban J connectivity index is 1.39. The number of para-hydroxylation sites is 2. The molecule has 1 aliphatic rings.